The minimum Gasteiger partial charge on any atom is -0.359 e. The van der Waals surface area contributed by atoms with Crippen molar-refractivity contribution in [2.75, 3.05) is 31.6 Å². The van der Waals surface area contributed by atoms with Gasteiger partial charge < -0.3 is 10.2 Å². The maximum absolute atomic E-state index is 10.5. The standard InChI is InChI=1S/C12H18N4O2/c1-15(9-10-3-2-6-13-7-10)12-5-4-11(8-14-12)16(17)18/h4-5,8,10,13H,2-3,6-7,9H2,1H3. The van der Waals surface area contributed by atoms with Crippen LogP contribution in [-0.4, -0.2) is 36.6 Å². The van der Waals surface area contributed by atoms with Crippen LogP contribution in [0.5, 0.6) is 0 Å². The molecule has 1 aromatic heterocycles. The molecule has 0 aliphatic carbocycles. The molecular weight excluding hydrogens is 232 g/mol. The Kier molecular flexibility index (Phi) is 4.09. The molecule has 1 fully saturated rings. The molecule has 1 aliphatic heterocycles. The van der Waals surface area contributed by atoms with Crippen LogP contribution in [0.2, 0.25) is 0 Å². The highest BCUT2D eigenvalue weighted by Crippen LogP contribution is 2.17. The molecule has 18 heavy (non-hydrogen) atoms. The lowest BCUT2D eigenvalue weighted by molar-refractivity contribution is -0.385. The summed E-state index contributed by atoms with van der Waals surface area (Å²) in [6, 6.07) is 3.20. The quantitative estimate of drug-likeness (QED) is 0.646. The maximum atomic E-state index is 10.5. The van der Waals surface area contributed by atoms with Crippen molar-refractivity contribution in [3.05, 3.63) is 28.4 Å². The van der Waals surface area contributed by atoms with E-state index in [4.69, 9.17) is 0 Å². The van der Waals surface area contributed by atoms with Crippen molar-refractivity contribution >= 4 is 11.5 Å². The zero-order chi connectivity index (χ0) is 13.0. The maximum Gasteiger partial charge on any atom is 0.287 e. The largest absolute Gasteiger partial charge is 0.359 e. The van der Waals surface area contributed by atoms with Crippen molar-refractivity contribution in [3.8, 4) is 0 Å². The van der Waals surface area contributed by atoms with Gasteiger partial charge in [0.15, 0.2) is 0 Å². The Balaban J connectivity index is 1.95. The third-order valence-corrected chi connectivity index (χ3v) is 3.27. The fourth-order valence-corrected chi connectivity index (χ4v) is 2.27. The Morgan fingerprint density at radius 1 is 1.61 bits per heavy atom. The van der Waals surface area contributed by atoms with Gasteiger partial charge in [-0.15, -0.1) is 0 Å². The number of nitrogens with one attached hydrogen (secondary N) is 1. The molecule has 1 unspecified atom stereocenters. The molecule has 6 heteroatoms. The summed E-state index contributed by atoms with van der Waals surface area (Å²) in [5.41, 5.74) is 0.0338. The van der Waals surface area contributed by atoms with Crippen molar-refractivity contribution in [1.82, 2.24) is 10.3 Å². The predicted octanol–water partition coefficient (Wildman–Crippen LogP) is 1.43. The van der Waals surface area contributed by atoms with Gasteiger partial charge in [0.25, 0.3) is 5.69 Å². The Bertz CT molecular complexity index is 401. The number of aromatic nitrogens is 1. The SMILES string of the molecule is CN(CC1CCCNC1)c1ccc([N+](=O)[O-])cn1. The number of anilines is 1. The third kappa shape index (κ3) is 3.16. The van der Waals surface area contributed by atoms with Gasteiger partial charge in [0.1, 0.15) is 12.0 Å². The lowest BCUT2D eigenvalue weighted by Crippen LogP contribution is -2.37. The van der Waals surface area contributed by atoms with Crippen LogP contribution in [0.25, 0.3) is 0 Å². The molecule has 0 radical (unpaired) electrons. The molecule has 2 rings (SSSR count). The van der Waals surface area contributed by atoms with Crippen LogP contribution in [0, 0.1) is 16.0 Å². The second-order valence-corrected chi connectivity index (χ2v) is 4.72. The lowest BCUT2D eigenvalue weighted by atomic mass is 9.99. The molecule has 1 N–H and O–H groups in total. The smallest absolute Gasteiger partial charge is 0.287 e. The van der Waals surface area contributed by atoms with E-state index in [-0.39, 0.29) is 5.69 Å². The van der Waals surface area contributed by atoms with Crippen molar-refractivity contribution in [2.24, 2.45) is 5.92 Å². The van der Waals surface area contributed by atoms with Crippen LogP contribution in [0.4, 0.5) is 11.5 Å². The molecule has 1 aliphatic rings. The van der Waals surface area contributed by atoms with Gasteiger partial charge >= 0.3 is 0 Å². The first kappa shape index (κ1) is 12.8. The van der Waals surface area contributed by atoms with Gasteiger partial charge in [0.2, 0.25) is 0 Å². The van der Waals surface area contributed by atoms with Gasteiger partial charge in [-0.1, -0.05) is 0 Å². The van der Waals surface area contributed by atoms with E-state index in [1.807, 2.05) is 7.05 Å². The number of rotatable bonds is 4. The van der Waals surface area contributed by atoms with E-state index < -0.39 is 4.92 Å². The van der Waals surface area contributed by atoms with Crippen molar-refractivity contribution in [2.45, 2.75) is 12.8 Å². The van der Waals surface area contributed by atoms with Crippen molar-refractivity contribution in [1.29, 1.82) is 0 Å². The van der Waals surface area contributed by atoms with Crippen LogP contribution >= 0.6 is 0 Å². The van der Waals surface area contributed by atoms with Gasteiger partial charge in [0, 0.05) is 19.7 Å². The number of nitrogens with zero attached hydrogens (tertiary/aromatic N) is 3. The van der Waals surface area contributed by atoms with Crippen molar-refractivity contribution < 1.29 is 4.92 Å². The second kappa shape index (κ2) is 5.77. The van der Waals surface area contributed by atoms with Crippen LogP contribution in [-0.2, 0) is 0 Å². The van der Waals surface area contributed by atoms with Crippen LogP contribution < -0.4 is 10.2 Å². The van der Waals surface area contributed by atoms with Crippen LogP contribution in [0.1, 0.15) is 12.8 Å². The summed E-state index contributed by atoms with van der Waals surface area (Å²) < 4.78 is 0. The van der Waals surface area contributed by atoms with E-state index in [2.05, 4.69) is 15.2 Å². The van der Waals surface area contributed by atoms with Crippen LogP contribution in [0.15, 0.2) is 18.3 Å². The minimum absolute atomic E-state index is 0.0338. The van der Waals surface area contributed by atoms with Gasteiger partial charge in [-0.25, -0.2) is 4.98 Å². The summed E-state index contributed by atoms with van der Waals surface area (Å²) in [5, 5.41) is 13.9. The van der Waals surface area contributed by atoms with E-state index in [1.54, 1.807) is 6.07 Å². The van der Waals surface area contributed by atoms with Crippen molar-refractivity contribution in [3.63, 3.8) is 0 Å². The van der Waals surface area contributed by atoms with E-state index in [0.29, 0.717) is 5.92 Å². The summed E-state index contributed by atoms with van der Waals surface area (Å²) in [6.07, 6.45) is 3.75. The Morgan fingerprint density at radius 3 is 3.00 bits per heavy atom. The van der Waals surface area contributed by atoms with Gasteiger partial charge in [-0.05, 0) is 37.9 Å². The predicted molar refractivity (Wildman–Crippen MR) is 69.8 cm³/mol. The molecular formula is C12H18N4O2. The number of hydrogen-bond donors (Lipinski definition) is 1. The Morgan fingerprint density at radius 2 is 2.44 bits per heavy atom. The fraction of sp³-hybridized carbons (Fsp3) is 0.583. The summed E-state index contributed by atoms with van der Waals surface area (Å²) in [5.74, 6) is 1.41. The molecule has 0 saturated carbocycles. The molecule has 0 bridgehead atoms. The molecule has 0 spiro atoms. The Hall–Kier alpha value is -1.69. The third-order valence-electron chi connectivity index (χ3n) is 3.27. The molecule has 1 aromatic rings. The average Bonchev–Trinajstić information content (AvgIpc) is 2.40. The highest BCUT2D eigenvalue weighted by molar-refractivity contribution is 5.42. The highest BCUT2D eigenvalue weighted by Gasteiger charge is 2.16. The average molecular weight is 250 g/mol. The van der Waals surface area contributed by atoms with Crippen LogP contribution in [0.3, 0.4) is 0 Å². The number of piperidine rings is 1. The number of nitro groups is 1. The molecule has 6 nitrogen and oxygen atoms in total. The topological polar surface area (TPSA) is 71.3 Å². The first-order chi connectivity index (χ1) is 8.66. The minimum atomic E-state index is -0.429. The highest BCUT2D eigenvalue weighted by atomic mass is 16.6. The summed E-state index contributed by atoms with van der Waals surface area (Å²) in [6.45, 7) is 3.07. The zero-order valence-corrected chi connectivity index (χ0v) is 10.5. The molecule has 2 heterocycles. The molecule has 98 valence electrons. The number of pyridine rings is 1. The van der Waals surface area contributed by atoms with E-state index in [9.17, 15) is 10.1 Å². The Labute approximate surface area is 106 Å². The van der Waals surface area contributed by atoms with Gasteiger partial charge in [0.05, 0.1) is 4.92 Å². The first-order valence-electron chi connectivity index (χ1n) is 6.19. The monoisotopic (exact) mass is 250 g/mol. The van der Waals surface area contributed by atoms with E-state index in [1.165, 1.54) is 25.1 Å². The molecule has 1 atom stereocenters. The number of hydrogen-bond acceptors (Lipinski definition) is 5. The molecule has 0 amide bonds. The normalized spacial score (nSPS) is 19.5. The summed E-state index contributed by atoms with van der Waals surface area (Å²) >= 11 is 0. The first-order valence-corrected chi connectivity index (χ1v) is 6.19. The van der Waals surface area contributed by atoms with Gasteiger partial charge in [-0.2, -0.15) is 0 Å². The van der Waals surface area contributed by atoms with E-state index >= 15 is 0 Å². The lowest BCUT2D eigenvalue weighted by Gasteiger charge is -2.28. The summed E-state index contributed by atoms with van der Waals surface area (Å²) in [7, 11) is 1.97. The fourth-order valence-electron chi connectivity index (χ4n) is 2.27. The van der Waals surface area contributed by atoms with Gasteiger partial charge in [-0.3, -0.25) is 10.1 Å². The van der Waals surface area contributed by atoms with E-state index in [0.717, 1.165) is 25.5 Å². The molecule has 1 saturated heterocycles. The summed E-state index contributed by atoms with van der Waals surface area (Å²) in [4.78, 5) is 16.3. The second-order valence-electron chi connectivity index (χ2n) is 4.72. The molecule has 0 aromatic carbocycles. The zero-order valence-electron chi connectivity index (χ0n) is 10.5.